The van der Waals surface area contributed by atoms with Crippen LogP contribution in [0.25, 0.3) is 22.2 Å². The number of aromatic nitrogens is 5. The number of fused-ring (bicyclic) bond motifs is 9. The fraction of sp³-hybridized carbons (Fsp3) is 0.289. The van der Waals surface area contributed by atoms with E-state index in [1.807, 2.05) is 40.0 Å². The average Bonchev–Trinajstić information content (AvgIpc) is 3.84. The largest absolute Gasteiger partial charge is 0.454 e. The second kappa shape index (κ2) is 12.6. The van der Waals surface area contributed by atoms with Crippen LogP contribution in [0.3, 0.4) is 0 Å². The van der Waals surface area contributed by atoms with E-state index in [9.17, 15) is 4.79 Å². The fourth-order valence-electron chi connectivity index (χ4n) is 6.77. The van der Waals surface area contributed by atoms with E-state index in [0.29, 0.717) is 47.5 Å². The Balaban J connectivity index is 1.37. The summed E-state index contributed by atoms with van der Waals surface area (Å²) in [6, 6.07) is 17.7. The predicted octanol–water partition coefficient (Wildman–Crippen LogP) is 8.92. The number of H-pyrrole nitrogens is 1. The number of nitrogens with one attached hydrogen (secondary N) is 1. The Morgan fingerprint density at radius 2 is 1.94 bits per heavy atom. The summed E-state index contributed by atoms with van der Waals surface area (Å²) >= 11 is 0. The summed E-state index contributed by atoms with van der Waals surface area (Å²) in [5.74, 6) is -0.576. The molecule has 3 aromatic heterocycles. The van der Waals surface area contributed by atoms with Crippen LogP contribution in [-0.4, -0.2) is 30.8 Å². The molecule has 1 aliphatic heterocycles. The van der Waals surface area contributed by atoms with Gasteiger partial charge in [0.15, 0.2) is 11.6 Å². The summed E-state index contributed by atoms with van der Waals surface area (Å²) in [6.45, 7) is 4.75. The van der Waals surface area contributed by atoms with Crippen molar-refractivity contribution in [3.05, 3.63) is 119 Å². The molecule has 1 unspecified atom stereocenters. The molecular weight excluding hydrogens is 596 g/mol. The van der Waals surface area contributed by atoms with Crippen molar-refractivity contribution in [2.45, 2.75) is 70.4 Å². The van der Waals surface area contributed by atoms with Gasteiger partial charge in [-0.2, -0.15) is 10.2 Å². The van der Waals surface area contributed by atoms with Crippen molar-refractivity contribution >= 4 is 17.2 Å². The Bertz CT molecular complexity index is 2060. The van der Waals surface area contributed by atoms with E-state index in [2.05, 4.69) is 36.1 Å². The van der Waals surface area contributed by atoms with Crippen LogP contribution in [0, 0.1) is 11.6 Å². The molecule has 1 N–H and O–H groups in total. The third-order valence-corrected chi connectivity index (χ3v) is 9.42. The van der Waals surface area contributed by atoms with Crippen molar-refractivity contribution < 1.29 is 18.3 Å². The molecule has 9 heteroatoms. The predicted molar refractivity (Wildman–Crippen MR) is 178 cm³/mol. The number of hydrogen-bond donors (Lipinski definition) is 1. The molecule has 1 aliphatic rings. The highest BCUT2D eigenvalue weighted by Gasteiger charge is 2.26. The van der Waals surface area contributed by atoms with Gasteiger partial charge in [-0.15, -0.1) is 0 Å². The van der Waals surface area contributed by atoms with Crippen LogP contribution in [0.5, 0.6) is 11.5 Å². The normalized spacial score (nSPS) is 16.5. The summed E-state index contributed by atoms with van der Waals surface area (Å²) in [6.07, 6.45) is 13.0. The van der Waals surface area contributed by atoms with E-state index >= 15 is 8.78 Å². The molecule has 0 fully saturated rings. The quantitative estimate of drug-likeness (QED) is 0.197. The van der Waals surface area contributed by atoms with E-state index < -0.39 is 11.6 Å². The molecule has 0 saturated heterocycles. The van der Waals surface area contributed by atoms with Gasteiger partial charge in [0.25, 0.3) is 0 Å². The number of aldehydes is 1. The van der Waals surface area contributed by atoms with E-state index in [1.54, 1.807) is 24.5 Å². The molecule has 7 rings (SSSR count). The second-order valence-electron chi connectivity index (χ2n) is 13.0. The monoisotopic (exact) mass is 633 g/mol. The number of halogens is 2. The highest BCUT2D eigenvalue weighted by Crippen LogP contribution is 2.39. The maximum Gasteiger partial charge on any atom is 0.168 e. The lowest BCUT2D eigenvalue weighted by atomic mass is 9.81. The topological polar surface area (TPSA) is 77.7 Å². The second-order valence-corrected chi connectivity index (χ2v) is 13.0. The van der Waals surface area contributed by atoms with Crippen LogP contribution >= 0.6 is 0 Å². The Labute approximate surface area is 272 Å². The van der Waals surface area contributed by atoms with E-state index in [0.717, 1.165) is 54.0 Å². The van der Waals surface area contributed by atoms with Gasteiger partial charge in [-0.3, -0.25) is 9.36 Å². The van der Waals surface area contributed by atoms with Crippen molar-refractivity contribution in [1.29, 1.82) is 0 Å². The zero-order valence-electron chi connectivity index (χ0n) is 26.5. The number of carbonyl (C=O) groups is 1. The molecule has 0 aliphatic carbocycles. The van der Waals surface area contributed by atoms with E-state index in [-0.39, 0.29) is 17.2 Å². The van der Waals surface area contributed by atoms with Gasteiger partial charge in [0.2, 0.25) is 0 Å². The molecular formula is C38H37F2N5O2. The van der Waals surface area contributed by atoms with Crippen molar-refractivity contribution in [3.8, 4) is 22.8 Å². The minimum atomic E-state index is -0.525. The molecule has 0 amide bonds. The number of ether oxygens (including phenoxy) is 1. The zero-order valence-corrected chi connectivity index (χ0v) is 26.5. The van der Waals surface area contributed by atoms with E-state index in [1.165, 1.54) is 18.2 Å². The Morgan fingerprint density at radius 1 is 1.04 bits per heavy atom. The lowest BCUT2D eigenvalue weighted by molar-refractivity contribution is -0.107. The molecule has 7 nitrogen and oxygen atoms in total. The van der Waals surface area contributed by atoms with Crippen molar-refractivity contribution in [2.24, 2.45) is 0 Å². The minimum Gasteiger partial charge on any atom is -0.454 e. The molecule has 47 heavy (non-hydrogen) atoms. The lowest BCUT2D eigenvalue weighted by Crippen LogP contribution is -2.17. The maximum atomic E-state index is 15.8. The molecule has 4 bridgehead atoms. The number of rotatable bonds is 4. The summed E-state index contributed by atoms with van der Waals surface area (Å²) < 4.78 is 41.5. The Kier molecular flexibility index (Phi) is 8.22. The molecule has 1 atom stereocenters. The van der Waals surface area contributed by atoms with Gasteiger partial charge in [-0.1, -0.05) is 51.0 Å². The van der Waals surface area contributed by atoms with Crippen molar-refractivity contribution in [3.63, 3.8) is 0 Å². The van der Waals surface area contributed by atoms with Crippen LogP contribution in [0.2, 0.25) is 0 Å². The summed E-state index contributed by atoms with van der Waals surface area (Å²) in [5.41, 5.74) is 5.29. The van der Waals surface area contributed by atoms with E-state index in [4.69, 9.17) is 9.84 Å². The van der Waals surface area contributed by atoms with Gasteiger partial charge in [-0.25, -0.2) is 8.78 Å². The molecule has 3 aromatic carbocycles. The molecule has 0 radical (unpaired) electrons. The lowest BCUT2D eigenvalue weighted by Gasteiger charge is -2.25. The smallest absolute Gasteiger partial charge is 0.168 e. The first-order chi connectivity index (χ1) is 22.8. The molecule has 240 valence electrons. The van der Waals surface area contributed by atoms with Crippen LogP contribution < -0.4 is 4.74 Å². The summed E-state index contributed by atoms with van der Waals surface area (Å²) in [5, 5.41) is 10.2. The number of nitrogens with zero attached hydrogens (tertiary/aromatic N) is 4. The minimum absolute atomic E-state index is 0.0746. The zero-order chi connectivity index (χ0) is 32.5. The first kappa shape index (κ1) is 30.6. The van der Waals surface area contributed by atoms with Crippen LogP contribution in [0.4, 0.5) is 8.78 Å². The number of benzene rings is 3. The van der Waals surface area contributed by atoms with Crippen molar-refractivity contribution in [2.75, 3.05) is 0 Å². The van der Waals surface area contributed by atoms with Gasteiger partial charge in [-0.05, 0) is 71.7 Å². The molecule has 6 aromatic rings. The van der Waals surface area contributed by atoms with Crippen molar-refractivity contribution in [1.82, 2.24) is 24.5 Å². The summed E-state index contributed by atoms with van der Waals surface area (Å²) in [4.78, 5) is 14.2. The van der Waals surface area contributed by atoms with Gasteiger partial charge in [0.1, 0.15) is 17.9 Å². The number of aromatic amines is 1. The fourth-order valence-corrected chi connectivity index (χ4v) is 6.77. The van der Waals surface area contributed by atoms with Gasteiger partial charge < -0.3 is 14.5 Å². The number of hydrogen-bond acceptors (Lipinski definition) is 4. The molecule has 0 saturated carbocycles. The highest BCUT2D eigenvalue weighted by molar-refractivity contribution is 5.85. The molecule has 0 spiro atoms. The first-order valence-corrected chi connectivity index (χ1v) is 16.2. The maximum absolute atomic E-state index is 15.8. The first-order valence-electron chi connectivity index (χ1n) is 16.2. The summed E-state index contributed by atoms with van der Waals surface area (Å²) in [7, 11) is 0. The average molecular weight is 634 g/mol. The van der Waals surface area contributed by atoms with Crippen LogP contribution in [0.15, 0.2) is 85.5 Å². The third kappa shape index (κ3) is 6.10. The van der Waals surface area contributed by atoms with Gasteiger partial charge in [0.05, 0.1) is 24.5 Å². The van der Waals surface area contributed by atoms with Crippen LogP contribution in [0.1, 0.15) is 74.2 Å². The Hall–Kier alpha value is -5.05. The van der Waals surface area contributed by atoms with Gasteiger partial charge in [0, 0.05) is 53.1 Å². The van der Waals surface area contributed by atoms with Crippen LogP contribution in [-0.2, 0) is 23.2 Å². The number of aryl methyl sites for hydroxylation is 1. The third-order valence-electron chi connectivity index (χ3n) is 9.42. The Morgan fingerprint density at radius 3 is 2.81 bits per heavy atom. The molecule has 4 heterocycles. The van der Waals surface area contributed by atoms with Gasteiger partial charge >= 0.3 is 0 Å². The SMILES string of the molecule is CC1(C)CCCCC(c2cccc(CCC=O)c2)n2nccc2-c2cc(ccc2F)Oc2c(F)cc3[nH]ccc3c2Cn2cc1cn2. The number of carbonyl (C=O) groups excluding carboxylic acids is 1. The standard InChI is InChI=1S/C38H37F2N5O2/c1-38(2)15-4-3-10-35(26-9-5-7-25(19-26)8-6-18-46)45-36(14-17-42-45)30-20-28(11-12-32(30)39)47-37-31(24-44-23-27(38)22-43-44)29-13-16-41-34(29)21-33(37)40/h5,7,9,11-14,16-23,35,41H,3-4,6,8,10,15,24H2,1-2H3. The highest BCUT2D eigenvalue weighted by atomic mass is 19.1.